The number of hydrogen-bond donors (Lipinski definition) is 1. The summed E-state index contributed by atoms with van der Waals surface area (Å²) in [6, 6.07) is 14.5. The van der Waals surface area contributed by atoms with E-state index in [0.29, 0.717) is 5.56 Å². The van der Waals surface area contributed by atoms with Gasteiger partial charge in [0.1, 0.15) is 5.78 Å². The van der Waals surface area contributed by atoms with Crippen LogP contribution in [-0.4, -0.2) is 26.8 Å². The number of ether oxygens (including phenoxy) is 1. The van der Waals surface area contributed by atoms with E-state index in [2.05, 4.69) is 4.72 Å². The molecule has 2 atom stereocenters. The molecule has 0 saturated heterocycles. The van der Waals surface area contributed by atoms with Crippen molar-refractivity contribution in [3.8, 4) is 0 Å². The van der Waals surface area contributed by atoms with Gasteiger partial charge in [0.05, 0.1) is 11.5 Å². The number of sulfonamides is 1. The minimum atomic E-state index is -4.13. The molecule has 2 aromatic rings. The van der Waals surface area contributed by atoms with Crippen LogP contribution in [0.1, 0.15) is 31.9 Å². The van der Waals surface area contributed by atoms with Crippen LogP contribution in [0, 0.1) is 12.8 Å². The normalized spacial score (nSPS) is 14.7. The largest absolute Gasteiger partial charge is 0.464 e. The first kappa shape index (κ1) is 21.8. The zero-order chi connectivity index (χ0) is 20.9. The first-order valence-electron chi connectivity index (χ1n) is 8.99. The molecular formula is C21H25NO5S. The van der Waals surface area contributed by atoms with Gasteiger partial charge in [-0.2, -0.15) is 4.72 Å². The van der Waals surface area contributed by atoms with Gasteiger partial charge in [-0.1, -0.05) is 55.0 Å². The molecule has 0 saturated carbocycles. The molecule has 0 bridgehead atoms. The maximum atomic E-state index is 13.1. The number of carbonyl (C=O) groups is 2. The minimum Gasteiger partial charge on any atom is -0.464 e. The highest BCUT2D eigenvalue weighted by atomic mass is 32.2. The molecule has 0 amide bonds. The molecule has 0 aliphatic rings. The Balaban J connectivity index is 2.70. The van der Waals surface area contributed by atoms with E-state index in [0.717, 1.165) is 5.56 Å². The second-order valence-corrected chi connectivity index (χ2v) is 8.33. The molecule has 0 spiro atoms. The monoisotopic (exact) mass is 403 g/mol. The van der Waals surface area contributed by atoms with Crippen molar-refractivity contribution in [1.29, 1.82) is 0 Å². The van der Waals surface area contributed by atoms with E-state index in [9.17, 15) is 18.0 Å². The van der Waals surface area contributed by atoms with E-state index in [-0.39, 0.29) is 17.3 Å². The van der Waals surface area contributed by atoms with Crippen molar-refractivity contribution in [2.24, 2.45) is 5.92 Å². The van der Waals surface area contributed by atoms with Gasteiger partial charge < -0.3 is 4.74 Å². The van der Waals surface area contributed by atoms with E-state index in [4.69, 9.17) is 4.74 Å². The Morgan fingerprint density at radius 1 is 1.07 bits per heavy atom. The van der Waals surface area contributed by atoms with Gasteiger partial charge in [-0.05, 0) is 38.5 Å². The standard InChI is InChI=1S/C21H25NO5S/c1-5-27-20(24)21(16(3)17(4)23,18-9-7-6-8-10-18)22-28(25,26)19-13-11-15(2)12-14-19/h6-14,16,22H,5H2,1-4H3/t16?,21-/m0/s1. The Bertz CT molecular complexity index is 939. The third-order valence-corrected chi connectivity index (χ3v) is 6.20. The van der Waals surface area contributed by atoms with Crippen LogP contribution in [0.15, 0.2) is 59.5 Å². The summed E-state index contributed by atoms with van der Waals surface area (Å²) in [6.07, 6.45) is 0. The molecule has 0 fully saturated rings. The number of ketones is 1. The Morgan fingerprint density at radius 3 is 2.14 bits per heavy atom. The Kier molecular flexibility index (Phi) is 6.74. The first-order chi connectivity index (χ1) is 13.1. The smallest absolute Gasteiger partial charge is 0.332 e. The van der Waals surface area contributed by atoms with Gasteiger partial charge in [0.25, 0.3) is 0 Å². The van der Waals surface area contributed by atoms with E-state index in [1.165, 1.54) is 26.0 Å². The zero-order valence-corrected chi connectivity index (χ0v) is 17.2. The van der Waals surface area contributed by atoms with Gasteiger partial charge in [0.2, 0.25) is 10.0 Å². The number of nitrogens with one attached hydrogen (secondary N) is 1. The third kappa shape index (κ3) is 4.31. The number of rotatable bonds is 8. The van der Waals surface area contributed by atoms with Gasteiger partial charge in [0, 0.05) is 5.92 Å². The van der Waals surface area contributed by atoms with Crippen LogP contribution in [0.3, 0.4) is 0 Å². The minimum absolute atomic E-state index is 0.00143. The predicted molar refractivity (Wildman–Crippen MR) is 106 cm³/mol. The number of aryl methyl sites for hydroxylation is 1. The predicted octanol–water partition coefficient (Wildman–Crippen LogP) is 2.96. The SMILES string of the molecule is CCOC(=O)[C@@](NS(=O)(=O)c1ccc(C)cc1)(c1ccccc1)C(C)C(C)=O. The van der Waals surface area contributed by atoms with E-state index >= 15 is 0 Å². The van der Waals surface area contributed by atoms with Crippen molar-refractivity contribution >= 4 is 21.8 Å². The highest BCUT2D eigenvalue weighted by Gasteiger charge is 2.51. The molecule has 7 heteroatoms. The Hall–Kier alpha value is -2.51. The van der Waals surface area contributed by atoms with Gasteiger partial charge in [-0.15, -0.1) is 0 Å². The Morgan fingerprint density at radius 2 is 1.64 bits per heavy atom. The highest BCUT2D eigenvalue weighted by Crippen LogP contribution is 2.34. The number of Topliss-reactive ketones (excluding diaryl/α,β-unsaturated/α-hetero) is 1. The van der Waals surface area contributed by atoms with Crippen molar-refractivity contribution in [2.75, 3.05) is 6.61 Å². The fourth-order valence-corrected chi connectivity index (χ4v) is 4.39. The zero-order valence-electron chi connectivity index (χ0n) is 16.4. The van der Waals surface area contributed by atoms with Crippen molar-refractivity contribution in [2.45, 2.75) is 38.1 Å². The average molecular weight is 404 g/mol. The summed E-state index contributed by atoms with van der Waals surface area (Å²) < 4.78 is 34.0. The van der Waals surface area contributed by atoms with Crippen LogP contribution in [-0.2, 0) is 29.9 Å². The van der Waals surface area contributed by atoms with Gasteiger partial charge in [-0.3, -0.25) is 4.79 Å². The molecule has 0 aliphatic heterocycles. The summed E-state index contributed by atoms with van der Waals surface area (Å²) in [6.45, 7) is 6.35. The van der Waals surface area contributed by atoms with Crippen LogP contribution < -0.4 is 4.72 Å². The molecule has 1 unspecified atom stereocenters. The molecule has 28 heavy (non-hydrogen) atoms. The lowest BCUT2D eigenvalue weighted by molar-refractivity contribution is -0.155. The molecule has 150 valence electrons. The molecule has 0 radical (unpaired) electrons. The summed E-state index contributed by atoms with van der Waals surface area (Å²) in [5, 5.41) is 0. The van der Waals surface area contributed by atoms with Crippen molar-refractivity contribution in [3.63, 3.8) is 0 Å². The molecule has 6 nitrogen and oxygen atoms in total. The third-order valence-electron chi connectivity index (χ3n) is 4.71. The summed E-state index contributed by atoms with van der Waals surface area (Å²) >= 11 is 0. The van der Waals surface area contributed by atoms with Crippen LogP contribution in [0.2, 0.25) is 0 Å². The lowest BCUT2D eigenvalue weighted by atomic mass is 9.78. The molecule has 0 aromatic heterocycles. The summed E-state index contributed by atoms with van der Waals surface area (Å²) in [5.74, 6) is -2.16. The van der Waals surface area contributed by atoms with Crippen molar-refractivity contribution in [3.05, 3.63) is 65.7 Å². The van der Waals surface area contributed by atoms with E-state index in [1.54, 1.807) is 49.4 Å². The average Bonchev–Trinajstić information content (AvgIpc) is 2.66. The van der Waals surface area contributed by atoms with E-state index in [1.807, 2.05) is 6.92 Å². The molecule has 1 N–H and O–H groups in total. The number of esters is 1. The maximum Gasteiger partial charge on any atom is 0.332 e. The maximum absolute atomic E-state index is 13.1. The van der Waals surface area contributed by atoms with Crippen LogP contribution in [0.5, 0.6) is 0 Å². The molecule has 0 aliphatic carbocycles. The summed E-state index contributed by atoms with van der Waals surface area (Å²) in [4.78, 5) is 25.4. The number of carbonyl (C=O) groups excluding carboxylic acids is 2. The van der Waals surface area contributed by atoms with Crippen molar-refractivity contribution < 1.29 is 22.7 Å². The van der Waals surface area contributed by atoms with Crippen LogP contribution in [0.25, 0.3) is 0 Å². The molecular weight excluding hydrogens is 378 g/mol. The quantitative estimate of drug-likeness (QED) is 0.685. The topological polar surface area (TPSA) is 89.5 Å². The van der Waals surface area contributed by atoms with Gasteiger partial charge in [-0.25, -0.2) is 13.2 Å². The van der Waals surface area contributed by atoms with Crippen molar-refractivity contribution in [1.82, 2.24) is 4.72 Å². The number of benzene rings is 2. The molecule has 0 heterocycles. The fraction of sp³-hybridized carbons (Fsp3) is 0.333. The Labute approximate surface area is 166 Å². The second-order valence-electron chi connectivity index (χ2n) is 6.65. The summed E-state index contributed by atoms with van der Waals surface area (Å²) in [7, 11) is -4.13. The lowest BCUT2D eigenvalue weighted by Gasteiger charge is -2.36. The lowest BCUT2D eigenvalue weighted by Crippen LogP contribution is -2.58. The molecule has 2 aromatic carbocycles. The fourth-order valence-electron chi connectivity index (χ4n) is 2.97. The second kappa shape index (κ2) is 8.67. The highest BCUT2D eigenvalue weighted by molar-refractivity contribution is 7.89. The molecule has 2 rings (SSSR count). The van der Waals surface area contributed by atoms with Crippen LogP contribution >= 0.6 is 0 Å². The first-order valence-corrected chi connectivity index (χ1v) is 10.5. The van der Waals surface area contributed by atoms with Gasteiger partial charge in [0.15, 0.2) is 5.54 Å². The van der Waals surface area contributed by atoms with Gasteiger partial charge >= 0.3 is 5.97 Å². The summed E-state index contributed by atoms with van der Waals surface area (Å²) in [5.41, 5.74) is -0.644. The van der Waals surface area contributed by atoms with E-state index < -0.39 is 27.4 Å². The number of hydrogen-bond acceptors (Lipinski definition) is 5. The van der Waals surface area contributed by atoms with Crippen LogP contribution in [0.4, 0.5) is 0 Å².